The van der Waals surface area contributed by atoms with Gasteiger partial charge in [-0.05, 0) is 36.8 Å². The topological polar surface area (TPSA) is 78.0 Å². The number of piperidine rings is 1. The highest BCUT2D eigenvalue weighted by Crippen LogP contribution is 2.27. The lowest BCUT2D eigenvalue weighted by atomic mass is 10.0. The van der Waals surface area contributed by atoms with Crippen LogP contribution in [0.3, 0.4) is 0 Å². The van der Waals surface area contributed by atoms with E-state index >= 15 is 0 Å². The molecule has 0 spiro atoms. The second-order valence-electron chi connectivity index (χ2n) is 9.12. The van der Waals surface area contributed by atoms with Crippen molar-refractivity contribution in [1.29, 1.82) is 0 Å². The standard InChI is InChI=1S/C27H30F2N4O3.H2/c1-17-16-33(19(3)34)14-10-24(17)31-26(18(2)22-5-4-11-30-27(22)35)32-12-8-21(9-13-32)36-25-7-6-20(28)15-23(25)29;/h4-7,11,15,21H,2,8-10,12-14,16H2,1,3H3,(H,30,35);1H. The van der Waals surface area contributed by atoms with Gasteiger partial charge in [0.15, 0.2) is 11.6 Å². The Hall–Kier alpha value is -3.75. The van der Waals surface area contributed by atoms with Gasteiger partial charge in [-0.2, -0.15) is 0 Å². The van der Waals surface area contributed by atoms with Crippen molar-refractivity contribution in [2.75, 3.05) is 26.2 Å². The number of benzene rings is 1. The Kier molecular flexibility index (Phi) is 7.67. The summed E-state index contributed by atoms with van der Waals surface area (Å²) in [5, 5.41) is 0. The highest BCUT2D eigenvalue weighted by atomic mass is 19.1. The van der Waals surface area contributed by atoms with Gasteiger partial charge in [0.25, 0.3) is 5.56 Å². The van der Waals surface area contributed by atoms with Crippen molar-refractivity contribution in [3.05, 3.63) is 81.9 Å². The van der Waals surface area contributed by atoms with Crippen molar-refractivity contribution in [1.82, 2.24) is 14.8 Å². The fraction of sp³-hybridized carbons (Fsp3) is 0.370. The van der Waals surface area contributed by atoms with Gasteiger partial charge in [0.1, 0.15) is 17.8 Å². The van der Waals surface area contributed by atoms with Crippen LogP contribution in [0.5, 0.6) is 5.75 Å². The van der Waals surface area contributed by atoms with Crippen molar-refractivity contribution in [3.63, 3.8) is 0 Å². The van der Waals surface area contributed by atoms with Crippen LogP contribution in [-0.2, 0) is 4.79 Å². The van der Waals surface area contributed by atoms with E-state index in [1.54, 1.807) is 30.2 Å². The summed E-state index contributed by atoms with van der Waals surface area (Å²) in [5.41, 5.74) is 2.56. The van der Waals surface area contributed by atoms with Crippen molar-refractivity contribution >= 4 is 17.3 Å². The van der Waals surface area contributed by atoms with Crippen molar-refractivity contribution in [2.45, 2.75) is 39.2 Å². The summed E-state index contributed by atoms with van der Waals surface area (Å²) >= 11 is 0. The Balaban J connectivity index is 0.00000380. The molecule has 4 rings (SSSR count). The molecular weight excluding hydrogens is 466 g/mol. The van der Waals surface area contributed by atoms with Crippen LogP contribution < -0.4 is 10.3 Å². The number of aromatic nitrogens is 1. The normalized spacial score (nSPS) is 17.4. The minimum absolute atomic E-state index is 0. The number of amidine groups is 1. The third kappa shape index (κ3) is 5.72. The van der Waals surface area contributed by atoms with Gasteiger partial charge >= 0.3 is 0 Å². The first-order valence-electron chi connectivity index (χ1n) is 12.0. The quantitative estimate of drug-likeness (QED) is 0.490. The molecule has 192 valence electrons. The average Bonchev–Trinajstić information content (AvgIpc) is 2.85. The molecular formula is C27H32F2N4O3. The number of rotatable bonds is 5. The fourth-order valence-electron chi connectivity index (χ4n) is 4.50. The Morgan fingerprint density at radius 3 is 2.58 bits per heavy atom. The molecule has 1 saturated heterocycles. The number of aromatic amines is 1. The molecule has 3 heterocycles. The second-order valence-corrected chi connectivity index (χ2v) is 9.12. The van der Waals surface area contributed by atoms with Crippen LogP contribution in [0.15, 0.2) is 64.2 Å². The first-order valence-corrected chi connectivity index (χ1v) is 12.0. The first-order chi connectivity index (χ1) is 17.2. The largest absolute Gasteiger partial charge is 0.487 e. The van der Waals surface area contributed by atoms with Gasteiger partial charge in [-0.3, -0.25) is 9.59 Å². The van der Waals surface area contributed by atoms with Gasteiger partial charge in [-0.25, -0.2) is 13.8 Å². The van der Waals surface area contributed by atoms with E-state index in [0.29, 0.717) is 62.4 Å². The van der Waals surface area contributed by atoms with E-state index in [9.17, 15) is 18.4 Å². The Morgan fingerprint density at radius 1 is 1.19 bits per heavy atom. The highest BCUT2D eigenvalue weighted by molar-refractivity contribution is 6.22. The highest BCUT2D eigenvalue weighted by Gasteiger charge is 2.27. The summed E-state index contributed by atoms with van der Waals surface area (Å²) in [7, 11) is 0. The Bertz CT molecular complexity index is 1280. The lowest BCUT2D eigenvalue weighted by Gasteiger charge is -2.35. The SMILES string of the molecule is C=C(C(=NC1=C(C)CN(C(C)=O)CC1)N1CCC(Oc2ccc(F)cc2F)CC1)c1ccc[nH]c1=O.[HH]. The smallest absolute Gasteiger partial charge is 0.255 e. The Morgan fingerprint density at radius 2 is 1.94 bits per heavy atom. The predicted molar refractivity (Wildman–Crippen MR) is 137 cm³/mol. The Labute approximate surface area is 210 Å². The van der Waals surface area contributed by atoms with E-state index < -0.39 is 11.6 Å². The third-order valence-electron chi connectivity index (χ3n) is 6.57. The minimum Gasteiger partial charge on any atom is -0.487 e. The van der Waals surface area contributed by atoms with Crippen molar-refractivity contribution in [3.8, 4) is 5.75 Å². The van der Waals surface area contributed by atoms with E-state index in [-0.39, 0.29) is 24.7 Å². The minimum atomic E-state index is -0.726. The number of nitrogens with zero attached hydrogens (tertiary/aromatic N) is 3. The van der Waals surface area contributed by atoms with Crippen molar-refractivity contribution < 1.29 is 19.7 Å². The van der Waals surface area contributed by atoms with Gasteiger partial charge in [-0.15, -0.1) is 0 Å². The first kappa shape index (κ1) is 25.3. The molecule has 2 aliphatic rings. The van der Waals surface area contributed by atoms with Crippen molar-refractivity contribution in [2.24, 2.45) is 4.99 Å². The molecule has 9 heteroatoms. The van der Waals surface area contributed by atoms with Gasteiger partial charge in [0.2, 0.25) is 5.91 Å². The molecule has 0 saturated carbocycles. The molecule has 1 N–H and O–H groups in total. The third-order valence-corrected chi connectivity index (χ3v) is 6.57. The molecule has 1 fully saturated rings. The van der Waals surface area contributed by atoms with Crippen LogP contribution in [-0.4, -0.2) is 58.8 Å². The number of carbonyl (C=O) groups excluding carboxylic acids is 1. The number of nitrogens with one attached hydrogen (secondary N) is 1. The van der Waals surface area contributed by atoms with Gasteiger partial charge in [-0.1, -0.05) is 6.58 Å². The summed E-state index contributed by atoms with van der Waals surface area (Å²) in [6.45, 7) is 9.93. The number of ether oxygens (including phenoxy) is 1. The van der Waals surface area contributed by atoms with Gasteiger partial charge in [0.05, 0.1) is 5.56 Å². The van der Waals surface area contributed by atoms with Crippen LogP contribution in [0.1, 0.15) is 40.1 Å². The maximum Gasteiger partial charge on any atom is 0.255 e. The van der Waals surface area contributed by atoms with E-state index in [4.69, 9.17) is 9.73 Å². The molecule has 0 unspecified atom stereocenters. The summed E-state index contributed by atoms with van der Waals surface area (Å²) in [4.78, 5) is 35.8. The fourth-order valence-corrected chi connectivity index (χ4v) is 4.50. The molecule has 1 aromatic heterocycles. The van der Waals surface area contributed by atoms with E-state index in [1.165, 1.54) is 12.1 Å². The van der Waals surface area contributed by atoms with Crippen LogP contribution in [0, 0.1) is 11.6 Å². The molecule has 1 amide bonds. The number of pyridine rings is 1. The number of carbonyl (C=O) groups is 1. The molecule has 2 aliphatic heterocycles. The molecule has 1 aromatic carbocycles. The zero-order valence-corrected chi connectivity index (χ0v) is 20.5. The molecule has 0 radical (unpaired) electrons. The van der Waals surface area contributed by atoms with Crippen LogP contribution in [0.4, 0.5) is 8.78 Å². The predicted octanol–water partition coefficient (Wildman–Crippen LogP) is 4.38. The van der Waals surface area contributed by atoms with E-state index in [2.05, 4.69) is 16.5 Å². The summed E-state index contributed by atoms with van der Waals surface area (Å²) < 4.78 is 33.1. The lowest BCUT2D eigenvalue weighted by molar-refractivity contribution is -0.128. The maximum atomic E-state index is 14.0. The molecule has 36 heavy (non-hydrogen) atoms. The lowest BCUT2D eigenvalue weighted by Crippen LogP contribution is -2.43. The molecule has 0 bridgehead atoms. The van der Waals surface area contributed by atoms with Gasteiger partial charge < -0.3 is 19.5 Å². The average molecular weight is 499 g/mol. The number of halogens is 2. The molecule has 2 aromatic rings. The van der Waals surface area contributed by atoms with Crippen LogP contribution in [0.2, 0.25) is 0 Å². The number of amides is 1. The summed E-state index contributed by atoms with van der Waals surface area (Å²) in [5.74, 6) is -0.720. The zero-order chi connectivity index (χ0) is 25.8. The number of H-pyrrole nitrogens is 1. The van der Waals surface area contributed by atoms with E-state index in [0.717, 1.165) is 17.3 Å². The number of aliphatic imine (C=N–C) groups is 1. The second kappa shape index (κ2) is 10.9. The van der Waals surface area contributed by atoms with Gasteiger partial charge in [0, 0.05) is 77.3 Å². The number of hydrogen-bond donors (Lipinski definition) is 1. The summed E-state index contributed by atoms with van der Waals surface area (Å²) in [6, 6.07) is 6.74. The molecule has 0 atom stereocenters. The van der Waals surface area contributed by atoms with Crippen LogP contribution >= 0.6 is 0 Å². The molecule has 7 nitrogen and oxygen atoms in total. The van der Waals surface area contributed by atoms with E-state index in [1.807, 2.05) is 6.92 Å². The van der Waals surface area contributed by atoms with Crippen LogP contribution in [0.25, 0.3) is 5.57 Å². The number of likely N-dealkylation sites (tertiary alicyclic amines) is 1. The monoisotopic (exact) mass is 498 g/mol. The zero-order valence-electron chi connectivity index (χ0n) is 20.5. The number of hydrogen-bond acceptors (Lipinski definition) is 4. The molecule has 0 aliphatic carbocycles. The maximum absolute atomic E-state index is 14.0. The summed E-state index contributed by atoms with van der Waals surface area (Å²) in [6.07, 6.45) is 3.11.